The van der Waals surface area contributed by atoms with Crippen molar-refractivity contribution in [3.63, 3.8) is 0 Å². The van der Waals surface area contributed by atoms with Gasteiger partial charge in [0.15, 0.2) is 0 Å². The predicted octanol–water partition coefficient (Wildman–Crippen LogP) is 3.13. The summed E-state index contributed by atoms with van der Waals surface area (Å²) in [5, 5.41) is 0. The summed E-state index contributed by atoms with van der Waals surface area (Å²) in [6, 6.07) is 6.59. The third-order valence-corrected chi connectivity index (χ3v) is 5.01. The van der Waals surface area contributed by atoms with Gasteiger partial charge in [-0.15, -0.1) is 0 Å². The van der Waals surface area contributed by atoms with Gasteiger partial charge < -0.3 is 4.74 Å². The highest BCUT2D eigenvalue weighted by Gasteiger charge is 2.18. The molecule has 1 aliphatic carbocycles. The molecule has 0 radical (unpaired) electrons. The first-order valence-corrected chi connectivity index (χ1v) is 9.10. The average molecular weight is 338 g/mol. The smallest absolute Gasteiger partial charge is 0.303 e. The summed E-state index contributed by atoms with van der Waals surface area (Å²) in [6.07, 6.45) is 4.86. The van der Waals surface area contributed by atoms with Crippen molar-refractivity contribution in [2.75, 3.05) is 6.61 Å². The van der Waals surface area contributed by atoms with Crippen molar-refractivity contribution in [3.05, 3.63) is 41.5 Å². The zero-order chi connectivity index (χ0) is 16.9. The van der Waals surface area contributed by atoms with E-state index in [1.807, 2.05) is 13.0 Å². The van der Waals surface area contributed by atoms with E-state index >= 15 is 0 Å². The number of hydrogen-bond donors (Lipinski definition) is 0. The largest absolute Gasteiger partial charge is 0.458 e. The van der Waals surface area contributed by atoms with E-state index in [4.69, 9.17) is 8.92 Å². The van der Waals surface area contributed by atoms with Gasteiger partial charge >= 0.3 is 5.97 Å². The maximum atomic E-state index is 12.0. The number of allylic oxidation sites excluding steroid dienone is 1. The molecule has 0 aromatic heterocycles. The maximum absolute atomic E-state index is 12.0. The number of carbonyl (C=O) groups is 1. The van der Waals surface area contributed by atoms with Gasteiger partial charge in [-0.2, -0.15) is 8.42 Å². The Kier molecular flexibility index (Phi) is 5.96. The lowest BCUT2D eigenvalue weighted by molar-refractivity contribution is -0.144. The molecule has 0 heterocycles. The second-order valence-electron chi connectivity index (χ2n) is 5.70. The fourth-order valence-electron chi connectivity index (χ4n) is 2.51. The monoisotopic (exact) mass is 338 g/mol. The van der Waals surface area contributed by atoms with E-state index in [2.05, 4.69) is 0 Å². The van der Waals surface area contributed by atoms with Gasteiger partial charge in [0.2, 0.25) is 0 Å². The van der Waals surface area contributed by atoms with Gasteiger partial charge in [-0.3, -0.25) is 8.98 Å². The van der Waals surface area contributed by atoms with Gasteiger partial charge in [0, 0.05) is 6.92 Å². The summed E-state index contributed by atoms with van der Waals surface area (Å²) < 4.78 is 34.2. The molecule has 126 valence electrons. The van der Waals surface area contributed by atoms with Crippen LogP contribution >= 0.6 is 0 Å². The zero-order valence-electron chi connectivity index (χ0n) is 13.4. The Labute approximate surface area is 137 Å². The van der Waals surface area contributed by atoms with Crippen LogP contribution in [-0.2, 0) is 23.8 Å². The van der Waals surface area contributed by atoms with Crippen molar-refractivity contribution in [1.82, 2.24) is 0 Å². The normalized spacial score (nSPS) is 17.8. The Morgan fingerprint density at radius 2 is 1.96 bits per heavy atom. The Bertz CT molecular complexity index is 673. The number of rotatable bonds is 7. The Morgan fingerprint density at radius 3 is 2.61 bits per heavy atom. The van der Waals surface area contributed by atoms with E-state index in [0.29, 0.717) is 6.42 Å². The first-order valence-electron chi connectivity index (χ1n) is 7.70. The molecule has 6 heteroatoms. The van der Waals surface area contributed by atoms with Crippen LogP contribution in [0.2, 0.25) is 0 Å². The maximum Gasteiger partial charge on any atom is 0.303 e. The van der Waals surface area contributed by atoms with Crippen LogP contribution in [0.4, 0.5) is 0 Å². The lowest BCUT2D eigenvalue weighted by atomic mass is 10.1. The van der Waals surface area contributed by atoms with Crippen LogP contribution in [0.1, 0.15) is 38.2 Å². The highest BCUT2D eigenvalue weighted by Crippen LogP contribution is 2.25. The molecule has 0 unspecified atom stereocenters. The molecule has 0 spiro atoms. The minimum Gasteiger partial charge on any atom is -0.458 e. The van der Waals surface area contributed by atoms with E-state index in [9.17, 15) is 13.2 Å². The molecule has 2 rings (SSSR count). The van der Waals surface area contributed by atoms with Crippen molar-refractivity contribution in [1.29, 1.82) is 0 Å². The fourth-order valence-corrected chi connectivity index (χ4v) is 3.46. The molecule has 0 saturated carbocycles. The summed E-state index contributed by atoms with van der Waals surface area (Å²) in [5.41, 5.74) is 2.19. The van der Waals surface area contributed by atoms with Crippen molar-refractivity contribution < 1.29 is 22.1 Å². The lowest BCUT2D eigenvalue weighted by Crippen LogP contribution is -2.10. The molecule has 5 nitrogen and oxygen atoms in total. The third kappa shape index (κ3) is 5.48. The van der Waals surface area contributed by atoms with Gasteiger partial charge in [0.25, 0.3) is 10.1 Å². The van der Waals surface area contributed by atoms with Gasteiger partial charge in [-0.05, 0) is 50.8 Å². The average Bonchev–Trinajstić information content (AvgIpc) is 2.91. The molecule has 1 atom stereocenters. The molecule has 0 aliphatic heterocycles. The van der Waals surface area contributed by atoms with Crippen LogP contribution in [0.3, 0.4) is 0 Å². The zero-order valence-corrected chi connectivity index (χ0v) is 14.3. The highest BCUT2D eigenvalue weighted by molar-refractivity contribution is 7.86. The summed E-state index contributed by atoms with van der Waals surface area (Å²) in [6.45, 7) is 3.44. The Balaban J connectivity index is 1.77. The van der Waals surface area contributed by atoms with Crippen LogP contribution in [-0.4, -0.2) is 27.1 Å². The number of benzene rings is 1. The van der Waals surface area contributed by atoms with E-state index in [-0.39, 0.29) is 23.6 Å². The number of ether oxygens (including phenoxy) is 1. The lowest BCUT2D eigenvalue weighted by Gasteiger charge is -2.06. The first kappa shape index (κ1) is 17.7. The van der Waals surface area contributed by atoms with Crippen LogP contribution < -0.4 is 0 Å². The standard InChI is InChI=1S/C17H22O5S/c1-13-5-9-17(10-6-13)23(19,20)21-11-3-4-15-7-8-16(12-15)22-14(2)18/h5-6,9-10,12,16H,3-4,7-8,11H2,1-2H3/t16-/m1/s1. The van der Waals surface area contributed by atoms with Crippen molar-refractivity contribution in [2.45, 2.75) is 50.5 Å². The molecule has 1 aromatic carbocycles. The molecular formula is C17H22O5S. The van der Waals surface area contributed by atoms with E-state index in [1.165, 1.54) is 12.5 Å². The molecule has 23 heavy (non-hydrogen) atoms. The molecular weight excluding hydrogens is 316 g/mol. The first-order chi connectivity index (χ1) is 10.9. The SMILES string of the molecule is CC(=O)O[C@H]1C=C(CCCOS(=O)(=O)c2ccc(C)cc2)CC1. The number of carbonyl (C=O) groups excluding carboxylic acids is 1. The molecule has 0 fully saturated rings. The van der Waals surface area contributed by atoms with Gasteiger partial charge in [-0.25, -0.2) is 0 Å². The van der Waals surface area contributed by atoms with Crippen LogP contribution in [0.25, 0.3) is 0 Å². The minimum absolute atomic E-state index is 0.139. The van der Waals surface area contributed by atoms with E-state index < -0.39 is 10.1 Å². The van der Waals surface area contributed by atoms with E-state index in [0.717, 1.165) is 24.8 Å². The van der Waals surface area contributed by atoms with Crippen LogP contribution in [0, 0.1) is 6.92 Å². The molecule has 1 aromatic rings. The second kappa shape index (κ2) is 7.75. The molecule has 1 aliphatic rings. The molecule has 0 N–H and O–H groups in total. The summed E-state index contributed by atoms with van der Waals surface area (Å²) in [7, 11) is -3.69. The molecule has 0 saturated heterocycles. The van der Waals surface area contributed by atoms with Gasteiger partial charge in [0.1, 0.15) is 6.10 Å². The third-order valence-electron chi connectivity index (χ3n) is 3.68. The number of esters is 1. The quantitative estimate of drug-likeness (QED) is 0.331. The minimum atomic E-state index is -3.69. The van der Waals surface area contributed by atoms with Gasteiger partial charge in [-0.1, -0.05) is 23.3 Å². The Morgan fingerprint density at radius 1 is 1.26 bits per heavy atom. The predicted molar refractivity (Wildman–Crippen MR) is 86.4 cm³/mol. The number of hydrogen-bond acceptors (Lipinski definition) is 5. The highest BCUT2D eigenvalue weighted by atomic mass is 32.2. The summed E-state index contributed by atoms with van der Waals surface area (Å²) in [5.74, 6) is -0.278. The van der Waals surface area contributed by atoms with Crippen LogP contribution in [0.15, 0.2) is 40.8 Å². The Hall–Kier alpha value is -1.66. The topological polar surface area (TPSA) is 69.7 Å². The van der Waals surface area contributed by atoms with E-state index in [1.54, 1.807) is 24.3 Å². The number of aryl methyl sites for hydroxylation is 1. The molecule has 0 bridgehead atoms. The van der Waals surface area contributed by atoms with Crippen molar-refractivity contribution in [3.8, 4) is 0 Å². The summed E-state index contributed by atoms with van der Waals surface area (Å²) >= 11 is 0. The van der Waals surface area contributed by atoms with Crippen LogP contribution in [0.5, 0.6) is 0 Å². The second-order valence-corrected chi connectivity index (χ2v) is 7.32. The summed E-state index contributed by atoms with van der Waals surface area (Å²) in [4.78, 5) is 11.1. The van der Waals surface area contributed by atoms with Crippen molar-refractivity contribution in [2.24, 2.45) is 0 Å². The fraction of sp³-hybridized carbons (Fsp3) is 0.471. The van der Waals surface area contributed by atoms with Crippen molar-refractivity contribution >= 4 is 16.1 Å². The van der Waals surface area contributed by atoms with Gasteiger partial charge in [0.05, 0.1) is 11.5 Å². The molecule has 0 amide bonds.